The van der Waals surface area contributed by atoms with E-state index in [0.29, 0.717) is 37.4 Å². The Morgan fingerprint density at radius 3 is 2.10 bits per heavy atom. The van der Waals surface area contributed by atoms with Gasteiger partial charge in [-0.1, -0.05) is 0 Å². The highest BCUT2D eigenvalue weighted by atomic mass is 16.6. The molecule has 2 aromatic rings. The number of nitro groups is 1. The molecule has 31 heavy (non-hydrogen) atoms. The predicted octanol–water partition coefficient (Wildman–Crippen LogP) is 1.72. The molecule has 2 aliphatic rings. The minimum atomic E-state index is -0.430. The third kappa shape index (κ3) is 4.32. The van der Waals surface area contributed by atoms with Crippen molar-refractivity contribution in [2.24, 2.45) is 0 Å². The van der Waals surface area contributed by atoms with E-state index in [9.17, 15) is 24.5 Å². The van der Waals surface area contributed by atoms with Gasteiger partial charge in [0, 0.05) is 62.4 Å². The number of benzene rings is 2. The van der Waals surface area contributed by atoms with Crippen LogP contribution in [-0.4, -0.2) is 53.7 Å². The fourth-order valence-electron chi connectivity index (χ4n) is 3.67. The summed E-state index contributed by atoms with van der Waals surface area (Å²) in [5.74, 6) is -0.518. The Bertz CT molecular complexity index is 1010. The predicted molar refractivity (Wildman–Crippen MR) is 113 cm³/mol. The van der Waals surface area contributed by atoms with Crippen LogP contribution in [0.4, 0.5) is 17.1 Å². The molecule has 160 valence electrons. The topological polar surface area (TPSA) is 116 Å². The van der Waals surface area contributed by atoms with Crippen LogP contribution in [0.15, 0.2) is 48.5 Å². The lowest BCUT2D eigenvalue weighted by Gasteiger charge is -2.36. The van der Waals surface area contributed by atoms with Gasteiger partial charge >= 0.3 is 0 Å². The minimum Gasteiger partial charge on any atom is -0.368 e. The third-order valence-electron chi connectivity index (χ3n) is 5.42. The molecule has 1 N–H and O–H groups in total. The number of nitrogens with zero attached hydrogens (tertiary/aromatic N) is 4. The van der Waals surface area contributed by atoms with E-state index in [-0.39, 0.29) is 36.3 Å². The molecule has 0 atom stereocenters. The highest BCUT2D eigenvalue weighted by Crippen LogP contribution is 2.22. The maximum atomic E-state index is 12.8. The van der Waals surface area contributed by atoms with E-state index in [1.165, 1.54) is 17.1 Å². The van der Waals surface area contributed by atoms with Gasteiger partial charge < -0.3 is 9.80 Å². The number of anilines is 2. The van der Waals surface area contributed by atoms with Gasteiger partial charge in [0.1, 0.15) is 0 Å². The van der Waals surface area contributed by atoms with Gasteiger partial charge in [-0.15, -0.1) is 0 Å². The van der Waals surface area contributed by atoms with Crippen molar-refractivity contribution >= 4 is 34.8 Å². The highest BCUT2D eigenvalue weighted by molar-refractivity contribution is 6.01. The maximum absolute atomic E-state index is 12.8. The van der Waals surface area contributed by atoms with E-state index in [4.69, 9.17) is 0 Å². The second kappa shape index (κ2) is 8.42. The lowest BCUT2D eigenvalue weighted by molar-refractivity contribution is -0.384. The number of hydrazine groups is 1. The van der Waals surface area contributed by atoms with E-state index in [0.717, 1.165) is 5.69 Å². The SMILES string of the molecule is O=C1CCC(=O)N(c2ccc(C(=O)N3CCN(c4ccc([N+](=O)[O-])cc4)CC3)cc2)N1. The normalized spacial score (nSPS) is 16.8. The molecule has 2 aliphatic heterocycles. The van der Waals surface area contributed by atoms with Gasteiger partial charge in [-0.25, -0.2) is 5.01 Å². The maximum Gasteiger partial charge on any atom is 0.269 e. The zero-order chi connectivity index (χ0) is 22.0. The molecule has 0 bridgehead atoms. The summed E-state index contributed by atoms with van der Waals surface area (Å²) in [7, 11) is 0. The van der Waals surface area contributed by atoms with E-state index < -0.39 is 4.92 Å². The molecule has 0 spiro atoms. The van der Waals surface area contributed by atoms with Crippen molar-refractivity contribution in [2.45, 2.75) is 12.8 Å². The first kappa shape index (κ1) is 20.3. The number of nitro benzene ring substituents is 1. The van der Waals surface area contributed by atoms with Crippen LogP contribution in [0.3, 0.4) is 0 Å². The molecule has 0 saturated carbocycles. The van der Waals surface area contributed by atoms with Crippen molar-refractivity contribution < 1.29 is 19.3 Å². The summed E-state index contributed by atoms with van der Waals surface area (Å²) in [6.07, 6.45) is 0.337. The van der Waals surface area contributed by atoms with Gasteiger partial charge in [0.25, 0.3) is 11.6 Å². The second-order valence-corrected chi connectivity index (χ2v) is 7.36. The van der Waals surface area contributed by atoms with Gasteiger partial charge in [0.15, 0.2) is 0 Å². The largest absolute Gasteiger partial charge is 0.368 e. The molecule has 0 aromatic heterocycles. The molecule has 0 unspecified atom stereocenters. The molecule has 2 saturated heterocycles. The fourth-order valence-corrected chi connectivity index (χ4v) is 3.67. The lowest BCUT2D eigenvalue weighted by atomic mass is 10.1. The number of rotatable bonds is 4. The Hall–Kier alpha value is -3.95. The number of carbonyl (C=O) groups excluding carboxylic acids is 3. The van der Waals surface area contributed by atoms with Crippen molar-refractivity contribution in [3.05, 3.63) is 64.2 Å². The minimum absolute atomic E-state index is 0.0480. The van der Waals surface area contributed by atoms with Crippen molar-refractivity contribution in [1.29, 1.82) is 0 Å². The number of carbonyl (C=O) groups is 3. The molecule has 3 amide bonds. The molecule has 10 nitrogen and oxygen atoms in total. The molecule has 2 heterocycles. The monoisotopic (exact) mass is 423 g/mol. The van der Waals surface area contributed by atoms with E-state index in [1.54, 1.807) is 41.3 Å². The summed E-state index contributed by atoms with van der Waals surface area (Å²) in [4.78, 5) is 50.6. The third-order valence-corrected chi connectivity index (χ3v) is 5.42. The van der Waals surface area contributed by atoms with Gasteiger partial charge in [-0.2, -0.15) is 0 Å². The number of piperazine rings is 1. The number of hydrogen-bond donors (Lipinski definition) is 1. The Morgan fingerprint density at radius 2 is 1.48 bits per heavy atom. The molecular formula is C21H21N5O5. The first-order valence-corrected chi connectivity index (χ1v) is 9.93. The Morgan fingerprint density at radius 1 is 0.871 bits per heavy atom. The summed E-state index contributed by atoms with van der Waals surface area (Å²) in [5, 5.41) is 12.0. The Kier molecular flexibility index (Phi) is 5.52. The average Bonchev–Trinajstić information content (AvgIpc) is 2.80. The molecule has 2 aromatic carbocycles. The van der Waals surface area contributed by atoms with Crippen LogP contribution in [0, 0.1) is 10.1 Å². The zero-order valence-corrected chi connectivity index (χ0v) is 16.7. The van der Waals surface area contributed by atoms with Gasteiger partial charge in [-0.05, 0) is 36.4 Å². The number of amides is 3. The quantitative estimate of drug-likeness (QED) is 0.591. The summed E-state index contributed by atoms with van der Waals surface area (Å²) in [5.41, 5.74) is 4.48. The summed E-state index contributed by atoms with van der Waals surface area (Å²) >= 11 is 0. The second-order valence-electron chi connectivity index (χ2n) is 7.36. The summed E-state index contributed by atoms with van der Waals surface area (Å²) < 4.78 is 0. The van der Waals surface area contributed by atoms with Crippen LogP contribution in [0.5, 0.6) is 0 Å². The fraction of sp³-hybridized carbons (Fsp3) is 0.286. The summed E-state index contributed by atoms with van der Waals surface area (Å²) in [6, 6.07) is 13.0. The summed E-state index contributed by atoms with van der Waals surface area (Å²) in [6.45, 7) is 2.29. The van der Waals surface area contributed by atoms with Crippen LogP contribution >= 0.6 is 0 Å². The van der Waals surface area contributed by atoms with Crippen LogP contribution < -0.4 is 15.3 Å². The van der Waals surface area contributed by atoms with Crippen LogP contribution in [0.1, 0.15) is 23.2 Å². The van der Waals surface area contributed by atoms with E-state index >= 15 is 0 Å². The Labute approximate surface area is 178 Å². The molecule has 2 fully saturated rings. The number of non-ortho nitro benzene ring substituents is 1. The standard InChI is InChI=1S/C21H21N5O5/c27-19-9-10-20(28)25(22-19)17-3-1-15(2-4-17)21(29)24-13-11-23(12-14-24)16-5-7-18(8-6-16)26(30)31/h1-8H,9-14H2,(H,22,27). The van der Waals surface area contributed by atoms with Crippen LogP contribution in [-0.2, 0) is 9.59 Å². The van der Waals surface area contributed by atoms with Crippen molar-refractivity contribution in [2.75, 3.05) is 36.1 Å². The smallest absolute Gasteiger partial charge is 0.269 e. The molecule has 10 heteroatoms. The Balaban J connectivity index is 1.36. The molecule has 4 rings (SSSR count). The zero-order valence-electron chi connectivity index (χ0n) is 16.7. The van der Waals surface area contributed by atoms with Crippen LogP contribution in [0.2, 0.25) is 0 Å². The van der Waals surface area contributed by atoms with E-state index in [1.807, 2.05) is 0 Å². The van der Waals surface area contributed by atoms with Crippen molar-refractivity contribution in [3.8, 4) is 0 Å². The van der Waals surface area contributed by atoms with Gasteiger partial charge in [0.05, 0.1) is 10.6 Å². The number of nitrogens with one attached hydrogen (secondary N) is 1. The first-order valence-electron chi connectivity index (χ1n) is 9.93. The first-order chi connectivity index (χ1) is 14.9. The molecule has 0 aliphatic carbocycles. The van der Waals surface area contributed by atoms with Crippen LogP contribution in [0.25, 0.3) is 0 Å². The number of hydrogen-bond acceptors (Lipinski definition) is 6. The highest BCUT2D eigenvalue weighted by Gasteiger charge is 2.26. The molecular weight excluding hydrogens is 402 g/mol. The van der Waals surface area contributed by atoms with Crippen molar-refractivity contribution in [1.82, 2.24) is 10.3 Å². The van der Waals surface area contributed by atoms with Gasteiger partial charge in [-0.3, -0.25) is 29.9 Å². The average molecular weight is 423 g/mol. The lowest BCUT2D eigenvalue weighted by Crippen LogP contribution is -2.50. The van der Waals surface area contributed by atoms with Gasteiger partial charge in [0.2, 0.25) is 11.8 Å². The molecule has 0 radical (unpaired) electrons. The van der Waals surface area contributed by atoms with Crippen molar-refractivity contribution in [3.63, 3.8) is 0 Å². The van der Waals surface area contributed by atoms with E-state index in [2.05, 4.69) is 10.3 Å².